The van der Waals surface area contributed by atoms with Gasteiger partial charge in [-0.3, -0.25) is 9.69 Å². The Morgan fingerprint density at radius 3 is 2.48 bits per heavy atom. The monoisotopic (exact) mass is 428 g/mol. The highest BCUT2D eigenvalue weighted by atomic mass is 32.1. The molecule has 0 saturated carbocycles. The van der Waals surface area contributed by atoms with Gasteiger partial charge in [-0.15, -0.1) is 11.3 Å². The minimum atomic E-state index is -0.306. The molecule has 0 radical (unpaired) electrons. The van der Waals surface area contributed by atoms with Crippen LogP contribution in [0.15, 0.2) is 42.5 Å². The Labute approximate surface area is 176 Å². The molecular formula is C21H21FN4OS2. The van der Waals surface area contributed by atoms with Gasteiger partial charge >= 0.3 is 0 Å². The summed E-state index contributed by atoms with van der Waals surface area (Å²) in [6, 6.07) is 12.2. The number of nitrogens with zero attached hydrogens (tertiary/aromatic N) is 4. The summed E-state index contributed by atoms with van der Waals surface area (Å²) in [4.78, 5) is 26.5. The van der Waals surface area contributed by atoms with Crippen molar-refractivity contribution in [3.63, 3.8) is 0 Å². The molecule has 29 heavy (non-hydrogen) atoms. The summed E-state index contributed by atoms with van der Waals surface area (Å²) in [5.41, 5.74) is 1.51. The van der Waals surface area contributed by atoms with Gasteiger partial charge < -0.3 is 4.90 Å². The van der Waals surface area contributed by atoms with Crippen LogP contribution < -0.4 is 4.90 Å². The van der Waals surface area contributed by atoms with Gasteiger partial charge in [0.05, 0.1) is 20.4 Å². The number of amides is 1. The average Bonchev–Trinajstić information content (AvgIpc) is 3.34. The lowest BCUT2D eigenvalue weighted by atomic mass is 10.3. The van der Waals surface area contributed by atoms with E-state index in [4.69, 9.17) is 0 Å². The molecular weight excluding hydrogens is 407 g/mol. The molecule has 0 saturated heterocycles. The number of likely N-dealkylation sites (N-methyl/N-ethyl adjacent to an activating group) is 1. The van der Waals surface area contributed by atoms with Crippen molar-refractivity contribution in [2.75, 3.05) is 31.1 Å². The summed E-state index contributed by atoms with van der Waals surface area (Å²) in [6.45, 7) is 7.25. The van der Waals surface area contributed by atoms with E-state index < -0.39 is 0 Å². The Morgan fingerprint density at radius 1 is 0.966 bits per heavy atom. The van der Waals surface area contributed by atoms with Crippen LogP contribution in [0.5, 0.6) is 0 Å². The van der Waals surface area contributed by atoms with E-state index in [1.54, 1.807) is 11.0 Å². The minimum absolute atomic E-state index is 0.169. The van der Waals surface area contributed by atoms with E-state index in [-0.39, 0.29) is 11.7 Å². The molecule has 4 rings (SSSR count). The molecule has 0 spiro atoms. The van der Waals surface area contributed by atoms with Gasteiger partial charge in [0.25, 0.3) is 5.91 Å². The molecule has 0 aliphatic heterocycles. The first kappa shape index (κ1) is 19.9. The van der Waals surface area contributed by atoms with Gasteiger partial charge in [-0.2, -0.15) is 0 Å². The standard InChI is InChI=1S/C21H21FN4OS2/c1-3-25(4-2)11-12-26(21-24-16-10-9-14(22)13-18(16)29-21)20(27)19-23-15-7-5-6-8-17(15)28-19/h5-10,13H,3-4,11-12H2,1-2H3. The highest BCUT2D eigenvalue weighted by molar-refractivity contribution is 7.22. The number of carbonyl (C=O) groups excluding carboxylic acids is 1. The number of rotatable bonds is 7. The van der Waals surface area contributed by atoms with E-state index in [1.165, 1.54) is 34.8 Å². The second-order valence-corrected chi connectivity index (χ2v) is 8.62. The number of thiazole rings is 2. The third-order valence-electron chi connectivity index (χ3n) is 4.83. The van der Waals surface area contributed by atoms with Crippen molar-refractivity contribution in [3.05, 3.63) is 53.3 Å². The van der Waals surface area contributed by atoms with Crippen molar-refractivity contribution in [1.82, 2.24) is 14.9 Å². The largest absolute Gasteiger partial charge is 0.302 e. The zero-order valence-corrected chi connectivity index (χ0v) is 17.9. The summed E-state index contributed by atoms with van der Waals surface area (Å²) in [5.74, 6) is -0.474. The molecule has 2 aromatic heterocycles. The Hall–Kier alpha value is -2.42. The maximum absolute atomic E-state index is 13.6. The summed E-state index contributed by atoms with van der Waals surface area (Å²) in [6.07, 6.45) is 0. The summed E-state index contributed by atoms with van der Waals surface area (Å²) < 4.78 is 15.3. The van der Waals surface area contributed by atoms with Gasteiger partial charge in [0.2, 0.25) is 0 Å². The van der Waals surface area contributed by atoms with Gasteiger partial charge in [-0.05, 0) is 43.4 Å². The van der Waals surface area contributed by atoms with Crippen LogP contribution in [-0.4, -0.2) is 47.0 Å². The lowest BCUT2D eigenvalue weighted by molar-refractivity contribution is 0.0983. The summed E-state index contributed by atoms with van der Waals surface area (Å²) in [5, 5.41) is 1.01. The van der Waals surface area contributed by atoms with Crippen LogP contribution in [0.1, 0.15) is 23.6 Å². The maximum Gasteiger partial charge on any atom is 0.289 e. The van der Waals surface area contributed by atoms with E-state index in [9.17, 15) is 9.18 Å². The van der Waals surface area contributed by atoms with Gasteiger partial charge in [-0.1, -0.05) is 37.3 Å². The molecule has 5 nitrogen and oxygen atoms in total. The molecule has 0 bridgehead atoms. The predicted octanol–water partition coefficient (Wildman–Crippen LogP) is 5.03. The quantitative estimate of drug-likeness (QED) is 0.414. The van der Waals surface area contributed by atoms with Crippen LogP contribution in [0.2, 0.25) is 0 Å². The van der Waals surface area contributed by atoms with E-state index in [2.05, 4.69) is 28.7 Å². The van der Waals surface area contributed by atoms with Gasteiger partial charge in [0.15, 0.2) is 10.1 Å². The highest BCUT2D eigenvalue weighted by Gasteiger charge is 2.24. The number of para-hydroxylation sites is 1. The molecule has 1 amide bonds. The fourth-order valence-corrected chi connectivity index (χ4v) is 5.08. The number of fused-ring (bicyclic) bond motifs is 2. The fourth-order valence-electron chi connectivity index (χ4n) is 3.15. The summed E-state index contributed by atoms with van der Waals surface area (Å²) >= 11 is 2.71. The van der Waals surface area contributed by atoms with Crippen LogP contribution in [0.4, 0.5) is 9.52 Å². The second-order valence-electron chi connectivity index (χ2n) is 6.58. The molecule has 0 fully saturated rings. The zero-order valence-electron chi connectivity index (χ0n) is 16.3. The molecule has 0 atom stereocenters. The third-order valence-corrected chi connectivity index (χ3v) is 6.89. The fraction of sp³-hybridized carbons (Fsp3) is 0.286. The predicted molar refractivity (Wildman–Crippen MR) is 119 cm³/mol. The molecule has 8 heteroatoms. The number of anilines is 1. The second kappa shape index (κ2) is 8.52. The van der Waals surface area contributed by atoms with Crippen molar-refractivity contribution in [3.8, 4) is 0 Å². The number of carbonyl (C=O) groups is 1. The molecule has 4 aromatic rings. The molecule has 0 unspecified atom stereocenters. The van der Waals surface area contributed by atoms with Crippen molar-refractivity contribution >= 4 is 54.1 Å². The first-order chi connectivity index (χ1) is 14.1. The molecule has 0 aliphatic carbocycles. The maximum atomic E-state index is 13.6. The van der Waals surface area contributed by atoms with Crippen LogP contribution in [0.3, 0.4) is 0 Å². The molecule has 2 heterocycles. The van der Waals surface area contributed by atoms with Gasteiger partial charge in [0.1, 0.15) is 5.82 Å². The Morgan fingerprint density at radius 2 is 1.72 bits per heavy atom. The van der Waals surface area contributed by atoms with Crippen molar-refractivity contribution in [1.29, 1.82) is 0 Å². The number of hydrogen-bond donors (Lipinski definition) is 0. The zero-order chi connectivity index (χ0) is 20.4. The van der Waals surface area contributed by atoms with Crippen molar-refractivity contribution in [2.24, 2.45) is 0 Å². The van der Waals surface area contributed by atoms with Crippen LogP contribution >= 0.6 is 22.7 Å². The van der Waals surface area contributed by atoms with E-state index >= 15 is 0 Å². The Balaban J connectivity index is 1.70. The first-order valence-electron chi connectivity index (χ1n) is 9.55. The smallest absolute Gasteiger partial charge is 0.289 e. The van der Waals surface area contributed by atoms with Gasteiger partial charge in [0, 0.05) is 13.1 Å². The van der Waals surface area contributed by atoms with Crippen LogP contribution in [0, 0.1) is 5.82 Å². The highest BCUT2D eigenvalue weighted by Crippen LogP contribution is 2.31. The molecule has 0 N–H and O–H groups in total. The SMILES string of the molecule is CCN(CC)CCN(C(=O)c1nc2ccccc2s1)c1nc2ccc(F)cc2s1. The normalized spacial score (nSPS) is 11.6. The number of aromatic nitrogens is 2. The van der Waals surface area contributed by atoms with E-state index in [0.29, 0.717) is 22.2 Å². The summed E-state index contributed by atoms with van der Waals surface area (Å²) in [7, 11) is 0. The topological polar surface area (TPSA) is 49.3 Å². The minimum Gasteiger partial charge on any atom is -0.302 e. The van der Waals surface area contributed by atoms with E-state index in [1.807, 2.05) is 24.3 Å². The van der Waals surface area contributed by atoms with E-state index in [0.717, 1.165) is 34.6 Å². The van der Waals surface area contributed by atoms with Crippen molar-refractivity contribution < 1.29 is 9.18 Å². The van der Waals surface area contributed by atoms with Gasteiger partial charge in [-0.25, -0.2) is 14.4 Å². The Kier molecular flexibility index (Phi) is 5.84. The first-order valence-corrected chi connectivity index (χ1v) is 11.2. The number of halogens is 1. The molecule has 2 aromatic carbocycles. The molecule has 150 valence electrons. The number of benzene rings is 2. The van der Waals surface area contributed by atoms with Crippen LogP contribution in [-0.2, 0) is 0 Å². The molecule has 0 aliphatic rings. The third kappa shape index (κ3) is 4.14. The number of hydrogen-bond acceptors (Lipinski definition) is 6. The Bertz CT molecular complexity index is 1120. The average molecular weight is 429 g/mol. The lowest BCUT2D eigenvalue weighted by Gasteiger charge is -2.24. The van der Waals surface area contributed by atoms with Crippen LogP contribution in [0.25, 0.3) is 20.4 Å². The lowest BCUT2D eigenvalue weighted by Crippen LogP contribution is -2.38. The van der Waals surface area contributed by atoms with Crippen molar-refractivity contribution in [2.45, 2.75) is 13.8 Å².